The lowest BCUT2D eigenvalue weighted by atomic mass is 10.1. The molecule has 0 radical (unpaired) electrons. The number of rotatable bonds is 10. The van der Waals surface area contributed by atoms with Crippen LogP contribution in [-0.2, 0) is 4.79 Å². The first kappa shape index (κ1) is 16.8. The van der Waals surface area contributed by atoms with Crippen LogP contribution in [0.25, 0.3) is 0 Å². The molecule has 1 unspecified atom stereocenters. The minimum absolute atomic E-state index is 0.122. The Morgan fingerprint density at radius 3 is 2.35 bits per heavy atom. The zero-order valence-electron chi connectivity index (χ0n) is 12.3. The van der Waals surface area contributed by atoms with Crippen molar-refractivity contribution in [3.05, 3.63) is 6.07 Å². The van der Waals surface area contributed by atoms with Gasteiger partial charge in [0.1, 0.15) is 6.29 Å². The maximum Gasteiger partial charge on any atom is 0.220 e. The fourth-order valence-electron chi connectivity index (χ4n) is 1.71. The number of hydrogen-bond donors (Lipinski definition) is 0. The van der Waals surface area contributed by atoms with E-state index in [1.54, 1.807) is 6.07 Å². The number of carbonyl (C=O) groups is 1. The van der Waals surface area contributed by atoms with Crippen molar-refractivity contribution in [2.75, 3.05) is 14.2 Å². The second-order valence-electron chi connectivity index (χ2n) is 4.38. The summed E-state index contributed by atoms with van der Waals surface area (Å²) in [4.78, 5) is 19.6. The van der Waals surface area contributed by atoms with Crippen molar-refractivity contribution in [3.8, 4) is 11.8 Å². The standard InChI is InChI=1S/C14H22N2O3S/c1-4-5-6-7-8-11(10-17)20-14-15-12(18-2)9-13(16-14)19-3/h9-11H,4-8H2,1-3H3. The lowest BCUT2D eigenvalue weighted by Gasteiger charge is -2.10. The number of aldehydes is 1. The van der Waals surface area contributed by atoms with Crippen LogP contribution in [-0.4, -0.2) is 35.7 Å². The Labute approximate surface area is 124 Å². The topological polar surface area (TPSA) is 61.3 Å². The molecular weight excluding hydrogens is 276 g/mol. The third-order valence-corrected chi connectivity index (χ3v) is 3.87. The Morgan fingerprint density at radius 2 is 1.85 bits per heavy atom. The largest absolute Gasteiger partial charge is 0.481 e. The second-order valence-corrected chi connectivity index (χ2v) is 5.58. The number of hydrogen-bond acceptors (Lipinski definition) is 6. The molecule has 0 saturated heterocycles. The van der Waals surface area contributed by atoms with Crippen LogP contribution in [0.2, 0.25) is 0 Å². The van der Waals surface area contributed by atoms with Crippen molar-refractivity contribution in [3.63, 3.8) is 0 Å². The smallest absolute Gasteiger partial charge is 0.220 e. The molecule has 112 valence electrons. The Morgan fingerprint density at radius 1 is 1.20 bits per heavy atom. The van der Waals surface area contributed by atoms with Gasteiger partial charge in [0.2, 0.25) is 11.8 Å². The number of unbranched alkanes of at least 4 members (excludes halogenated alkanes) is 3. The van der Waals surface area contributed by atoms with Crippen molar-refractivity contribution in [2.45, 2.75) is 49.4 Å². The highest BCUT2D eigenvalue weighted by Gasteiger charge is 2.13. The summed E-state index contributed by atoms with van der Waals surface area (Å²) >= 11 is 1.36. The minimum atomic E-state index is -0.122. The highest BCUT2D eigenvalue weighted by molar-refractivity contribution is 8.00. The first-order valence-electron chi connectivity index (χ1n) is 6.82. The summed E-state index contributed by atoms with van der Waals surface area (Å²) in [5.74, 6) is 0.880. The average Bonchev–Trinajstić information content (AvgIpc) is 2.49. The van der Waals surface area contributed by atoms with E-state index in [1.807, 2.05) is 0 Å². The van der Waals surface area contributed by atoms with Crippen molar-refractivity contribution in [1.29, 1.82) is 0 Å². The molecule has 20 heavy (non-hydrogen) atoms. The van der Waals surface area contributed by atoms with Crippen LogP contribution >= 0.6 is 11.8 Å². The van der Waals surface area contributed by atoms with E-state index in [9.17, 15) is 4.79 Å². The van der Waals surface area contributed by atoms with Gasteiger partial charge < -0.3 is 14.3 Å². The van der Waals surface area contributed by atoms with Gasteiger partial charge in [0, 0.05) is 0 Å². The fourth-order valence-corrected chi connectivity index (χ4v) is 2.60. The summed E-state index contributed by atoms with van der Waals surface area (Å²) in [6, 6.07) is 1.61. The van der Waals surface area contributed by atoms with Gasteiger partial charge in [-0.05, 0) is 6.42 Å². The molecule has 1 heterocycles. The molecule has 0 aliphatic heterocycles. The van der Waals surface area contributed by atoms with Gasteiger partial charge in [0.25, 0.3) is 0 Å². The number of ether oxygens (including phenoxy) is 2. The zero-order valence-corrected chi connectivity index (χ0v) is 13.1. The van der Waals surface area contributed by atoms with E-state index in [4.69, 9.17) is 9.47 Å². The predicted molar refractivity (Wildman–Crippen MR) is 79.6 cm³/mol. The van der Waals surface area contributed by atoms with Gasteiger partial charge in [0.05, 0.1) is 25.5 Å². The van der Waals surface area contributed by atoms with Crippen LogP contribution in [0, 0.1) is 0 Å². The zero-order chi connectivity index (χ0) is 14.8. The van der Waals surface area contributed by atoms with Crippen molar-refractivity contribution < 1.29 is 14.3 Å². The molecular formula is C14H22N2O3S. The molecule has 0 aliphatic carbocycles. The third-order valence-electron chi connectivity index (χ3n) is 2.83. The van der Waals surface area contributed by atoms with Crippen molar-refractivity contribution in [1.82, 2.24) is 9.97 Å². The van der Waals surface area contributed by atoms with Crippen LogP contribution < -0.4 is 9.47 Å². The van der Waals surface area contributed by atoms with Crippen LogP contribution in [0.1, 0.15) is 39.0 Å². The molecule has 1 aromatic heterocycles. The first-order chi connectivity index (χ1) is 9.73. The molecule has 0 N–H and O–H groups in total. The average molecular weight is 298 g/mol. The lowest BCUT2D eigenvalue weighted by molar-refractivity contribution is -0.107. The van der Waals surface area contributed by atoms with Gasteiger partial charge in [-0.25, -0.2) is 0 Å². The fraction of sp³-hybridized carbons (Fsp3) is 0.643. The molecule has 1 atom stereocenters. The van der Waals surface area contributed by atoms with Crippen molar-refractivity contribution >= 4 is 18.0 Å². The number of thioether (sulfide) groups is 1. The number of nitrogens with zero attached hydrogens (tertiary/aromatic N) is 2. The van der Waals surface area contributed by atoms with Crippen molar-refractivity contribution in [2.24, 2.45) is 0 Å². The third kappa shape index (κ3) is 5.77. The molecule has 1 rings (SSSR count). The molecule has 0 saturated carbocycles. The highest BCUT2D eigenvalue weighted by atomic mass is 32.2. The van der Waals surface area contributed by atoms with Gasteiger partial charge in [-0.3, -0.25) is 0 Å². The van der Waals surface area contributed by atoms with E-state index in [0.29, 0.717) is 16.9 Å². The molecule has 0 fully saturated rings. The minimum Gasteiger partial charge on any atom is -0.481 e. The van der Waals surface area contributed by atoms with Crippen LogP contribution in [0.3, 0.4) is 0 Å². The molecule has 0 aromatic carbocycles. The molecule has 0 amide bonds. The summed E-state index contributed by atoms with van der Waals surface area (Å²) in [5, 5.41) is 0.387. The Bertz CT molecular complexity index is 393. The summed E-state index contributed by atoms with van der Waals surface area (Å²) < 4.78 is 10.2. The van der Waals surface area contributed by atoms with Gasteiger partial charge in [-0.15, -0.1) is 0 Å². The molecule has 1 aromatic rings. The SMILES string of the molecule is CCCCCCC(C=O)Sc1nc(OC)cc(OC)n1. The Balaban J connectivity index is 2.61. The van der Waals surface area contributed by atoms with E-state index in [2.05, 4.69) is 16.9 Å². The van der Waals surface area contributed by atoms with Gasteiger partial charge in [-0.1, -0.05) is 44.4 Å². The molecule has 0 bridgehead atoms. The monoisotopic (exact) mass is 298 g/mol. The van der Waals surface area contributed by atoms with E-state index >= 15 is 0 Å². The number of methoxy groups -OCH3 is 2. The molecule has 5 nitrogen and oxygen atoms in total. The molecule has 0 aliphatic rings. The summed E-state index contributed by atoms with van der Waals surface area (Å²) in [6.45, 7) is 2.17. The lowest BCUT2D eigenvalue weighted by Crippen LogP contribution is -2.06. The quantitative estimate of drug-likeness (QED) is 0.286. The van der Waals surface area contributed by atoms with E-state index in [0.717, 1.165) is 25.5 Å². The van der Waals surface area contributed by atoms with Gasteiger partial charge in [0.15, 0.2) is 5.16 Å². The number of aromatic nitrogens is 2. The van der Waals surface area contributed by atoms with E-state index in [-0.39, 0.29) is 5.25 Å². The summed E-state index contributed by atoms with van der Waals surface area (Å²) in [5.41, 5.74) is 0. The second kappa shape index (κ2) is 9.58. The number of carbonyl (C=O) groups excluding carboxylic acids is 1. The van der Waals surface area contributed by atoms with Crippen LogP contribution in [0.5, 0.6) is 11.8 Å². The summed E-state index contributed by atoms with van der Waals surface area (Å²) in [7, 11) is 3.08. The Hall–Kier alpha value is -1.30. The van der Waals surface area contributed by atoms with E-state index in [1.165, 1.54) is 38.8 Å². The van der Waals surface area contributed by atoms with Gasteiger partial charge in [-0.2, -0.15) is 9.97 Å². The molecule has 6 heteroatoms. The summed E-state index contributed by atoms with van der Waals surface area (Å²) in [6.07, 6.45) is 6.41. The van der Waals surface area contributed by atoms with Gasteiger partial charge >= 0.3 is 0 Å². The Kier molecular flexibility index (Phi) is 8.02. The van der Waals surface area contributed by atoms with E-state index < -0.39 is 0 Å². The molecule has 0 spiro atoms. The maximum absolute atomic E-state index is 11.1. The normalized spacial score (nSPS) is 11.9. The predicted octanol–water partition coefficient (Wildman–Crippen LogP) is 3.12. The maximum atomic E-state index is 11.1. The van der Waals surface area contributed by atoms with Crippen LogP contribution in [0.4, 0.5) is 0 Å². The first-order valence-corrected chi connectivity index (χ1v) is 7.70. The highest BCUT2D eigenvalue weighted by Crippen LogP contribution is 2.26. The van der Waals surface area contributed by atoms with Crippen LogP contribution in [0.15, 0.2) is 11.2 Å².